The van der Waals surface area contributed by atoms with Crippen molar-refractivity contribution in [1.29, 1.82) is 0 Å². The number of hydrogen-bond acceptors (Lipinski definition) is 3. The first-order valence-electron chi connectivity index (χ1n) is 5.89. The van der Waals surface area contributed by atoms with Gasteiger partial charge in [-0.1, -0.05) is 0 Å². The number of carboxylic acids is 1. The van der Waals surface area contributed by atoms with Gasteiger partial charge in [0.1, 0.15) is 0 Å². The Morgan fingerprint density at radius 1 is 1.31 bits per heavy atom. The zero-order chi connectivity index (χ0) is 11.5. The number of nitrogens with zero attached hydrogens (tertiary/aromatic N) is 1. The quantitative estimate of drug-likeness (QED) is 0.711. The molecule has 0 aromatic carbocycles. The van der Waals surface area contributed by atoms with Gasteiger partial charge in [0.2, 0.25) is 5.91 Å². The van der Waals surface area contributed by atoms with E-state index in [-0.39, 0.29) is 11.8 Å². The lowest BCUT2D eigenvalue weighted by Gasteiger charge is -2.29. The fourth-order valence-corrected chi connectivity index (χ4v) is 2.10. The van der Waals surface area contributed by atoms with Crippen LogP contribution >= 0.6 is 0 Å². The molecule has 2 aliphatic rings. The summed E-state index contributed by atoms with van der Waals surface area (Å²) in [6.45, 7) is 1.69. The van der Waals surface area contributed by atoms with Crippen LogP contribution < -0.4 is 5.32 Å². The molecule has 90 valence electrons. The summed E-state index contributed by atoms with van der Waals surface area (Å²) in [5.74, 6) is -1.01. The van der Waals surface area contributed by atoms with E-state index in [1.54, 1.807) is 0 Å². The van der Waals surface area contributed by atoms with Crippen molar-refractivity contribution < 1.29 is 14.7 Å². The Balaban J connectivity index is 1.75. The van der Waals surface area contributed by atoms with Crippen molar-refractivity contribution in [2.24, 2.45) is 5.92 Å². The molecular weight excluding hydrogens is 208 g/mol. The number of nitrogens with one attached hydrogen (secondary N) is 1. The summed E-state index contributed by atoms with van der Waals surface area (Å²) < 4.78 is 0. The average Bonchev–Trinajstić information content (AvgIpc) is 3.01. The summed E-state index contributed by atoms with van der Waals surface area (Å²) in [4.78, 5) is 24.3. The zero-order valence-electron chi connectivity index (χ0n) is 9.32. The molecule has 1 atom stereocenters. The van der Waals surface area contributed by atoms with Crippen LogP contribution in [0.5, 0.6) is 0 Å². The van der Waals surface area contributed by atoms with Crippen molar-refractivity contribution in [3.8, 4) is 0 Å². The fraction of sp³-hybridized carbons (Fsp3) is 0.818. The molecule has 1 aliphatic heterocycles. The lowest BCUT2D eigenvalue weighted by Crippen LogP contribution is -2.44. The number of carbonyl (C=O) groups is 2. The second kappa shape index (κ2) is 4.82. The van der Waals surface area contributed by atoms with Crippen LogP contribution in [0.1, 0.15) is 25.7 Å². The van der Waals surface area contributed by atoms with Crippen molar-refractivity contribution in [1.82, 2.24) is 10.2 Å². The first-order chi connectivity index (χ1) is 7.65. The fourth-order valence-electron chi connectivity index (χ4n) is 2.10. The van der Waals surface area contributed by atoms with Crippen molar-refractivity contribution >= 4 is 11.9 Å². The predicted molar refractivity (Wildman–Crippen MR) is 58.0 cm³/mol. The van der Waals surface area contributed by atoms with E-state index in [0.717, 1.165) is 32.2 Å². The van der Waals surface area contributed by atoms with E-state index >= 15 is 0 Å². The summed E-state index contributed by atoms with van der Waals surface area (Å²) in [6.07, 6.45) is 3.77. The maximum absolute atomic E-state index is 11.5. The minimum absolute atomic E-state index is 0.0357. The van der Waals surface area contributed by atoms with E-state index in [9.17, 15) is 9.59 Å². The van der Waals surface area contributed by atoms with E-state index in [1.165, 1.54) is 0 Å². The molecule has 2 fully saturated rings. The SMILES string of the molecule is O=C(CN1CCCC(C(=O)O)C1)NC1CC1. The molecular formula is C11H18N2O3. The number of amides is 1. The number of carbonyl (C=O) groups excluding carboxylic acids is 1. The Morgan fingerprint density at radius 3 is 2.69 bits per heavy atom. The Bertz CT molecular complexity index is 289. The van der Waals surface area contributed by atoms with Gasteiger partial charge < -0.3 is 10.4 Å². The van der Waals surface area contributed by atoms with Gasteiger partial charge in [0.15, 0.2) is 0 Å². The molecule has 0 aromatic heterocycles. The summed E-state index contributed by atoms with van der Waals surface area (Å²) >= 11 is 0. The van der Waals surface area contributed by atoms with Crippen molar-refractivity contribution in [2.45, 2.75) is 31.7 Å². The highest BCUT2D eigenvalue weighted by Gasteiger charge is 2.28. The number of rotatable bonds is 4. The van der Waals surface area contributed by atoms with Crippen LogP contribution in [0.25, 0.3) is 0 Å². The van der Waals surface area contributed by atoms with Gasteiger partial charge in [-0.2, -0.15) is 0 Å². The molecule has 0 bridgehead atoms. The number of hydrogen-bond donors (Lipinski definition) is 2. The highest BCUT2D eigenvalue weighted by molar-refractivity contribution is 5.78. The third kappa shape index (κ3) is 3.20. The van der Waals surface area contributed by atoms with Crippen molar-refractivity contribution in [3.63, 3.8) is 0 Å². The standard InChI is InChI=1S/C11H18N2O3/c14-10(12-9-3-4-9)7-13-5-1-2-8(6-13)11(15)16/h8-9H,1-7H2,(H,12,14)(H,15,16). The van der Waals surface area contributed by atoms with Crippen molar-refractivity contribution in [3.05, 3.63) is 0 Å². The van der Waals surface area contributed by atoms with Gasteiger partial charge in [-0.05, 0) is 32.2 Å². The first-order valence-corrected chi connectivity index (χ1v) is 5.89. The molecule has 5 nitrogen and oxygen atoms in total. The highest BCUT2D eigenvalue weighted by atomic mass is 16.4. The van der Waals surface area contributed by atoms with Gasteiger partial charge in [0.05, 0.1) is 12.5 Å². The van der Waals surface area contributed by atoms with Crippen LogP contribution in [0.3, 0.4) is 0 Å². The normalized spacial score (nSPS) is 26.4. The summed E-state index contributed by atoms with van der Waals surface area (Å²) in [5.41, 5.74) is 0. The maximum atomic E-state index is 11.5. The molecule has 2 rings (SSSR count). The molecule has 5 heteroatoms. The van der Waals surface area contributed by atoms with Crippen LogP contribution in [-0.4, -0.2) is 47.6 Å². The van der Waals surface area contributed by atoms with Gasteiger partial charge >= 0.3 is 5.97 Å². The molecule has 0 aromatic rings. The number of piperidine rings is 1. The van der Waals surface area contributed by atoms with Gasteiger partial charge in [-0.25, -0.2) is 0 Å². The van der Waals surface area contributed by atoms with Crippen molar-refractivity contribution in [2.75, 3.05) is 19.6 Å². The highest BCUT2D eigenvalue weighted by Crippen LogP contribution is 2.19. The summed E-state index contributed by atoms with van der Waals surface area (Å²) in [7, 11) is 0. The summed E-state index contributed by atoms with van der Waals surface area (Å²) in [6, 6.07) is 0.382. The topological polar surface area (TPSA) is 69.6 Å². The van der Waals surface area contributed by atoms with Gasteiger partial charge in [0, 0.05) is 12.6 Å². The molecule has 2 N–H and O–H groups in total. The monoisotopic (exact) mass is 226 g/mol. The number of aliphatic carboxylic acids is 1. The third-order valence-corrected chi connectivity index (χ3v) is 3.16. The summed E-state index contributed by atoms with van der Waals surface area (Å²) in [5, 5.41) is 11.8. The smallest absolute Gasteiger partial charge is 0.307 e. The average molecular weight is 226 g/mol. The minimum atomic E-state index is -0.743. The molecule has 1 unspecified atom stereocenters. The van der Waals surface area contributed by atoms with Crippen LogP contribution in [-0.2, 0) is 9.59 Å². The first kappa shape index (κ1) is 11.4. The Hall–Kier alpha value is -1.10. The third-order valence-electron chi connectivity index (χ3n) is 3.16. The molecule has 16 heavy (non-hydrogen) atoms. The van der Waals surface area contributed by atoms with E-state index in [2.05, 4.69) is 5.32 Å². The van der Waals surface area contributed by atoms with E-state index in [0.29, 0.717) is 19.1 Å². The minimum Gasteiger partial charge on any atom is -0.481 e. The largest absolute Gasteiger partial charge is 0.481 e. The Labute approximate surface area is 94.8 Å². The predicted octanol–water partition coefficient (Wildman–Crippen LogP) is 0.0616. The number of likely N-dealkylation sites (tertiary alicyclic amines) is 1. The molecule has 1 saturated carbocycles. The number of carboxylic acid groups (broad SMARTS) is 1. The van der Waals surface area contributed by atoms with Crippen LogP contribution in [0.15, 0.2) is 0 Å². The lowest BCUT2D eigenvalue weighted by atomic mass is 9.98. The lowest BCUT2D eigenvalue weighted by molar-refractivity contribution is -0.144. The van der Waals surface area contributed by atoms with Crippen LogP contribution in [0, 0.1) is 5.92 Å². The molecule has 1 saturated heterocycles. The van der Waals surface area contributed by atoms with E-state index in [4.69, 9.17) is 5.11 Å². The Morgan fingerprint density at radius 2 is 2.06 bits per heavy atom. The molecule has 0 spiro atoms. The maximum Gasteiger partial charge on any atom is 0.307 e. The molecule has 1 heterocycles. The second-order valence-corrected chi connectivity index (χ2v) is 4.75. The van der Waals surface area contributed by atoms with E-state index in [1.807, 2.05) is 4.90 Å². The van der Waals surface area contributed by atoms with Gasteiger partial charge in [-0.3, -0.25) is 14.5 Å². The Kier molecular flexibility index (Phi) is 3.43. The van der Waals surface area contributed by atoms with Crippen LogP contribution in [0.4, 0.5) is 0 Å². The van der Waals surface area contributed by atoms with Gasteiger partial charge in [0.25, 0.3) is 0 Å². The van der Waals surface area contributed by atoms with E-state index < -0.39 is 5.97 Å². The zero-order valence-corrected chi connectivity index (χ0v) is 9.32. The van der Waals surface area contributed by atoms with Crippen LogP contribution in [0.2, 0.25) is 0 Å². The molecule has 1 aliphatic carbocycles. The second-order valence-electron chi connectivity index (χ2n) is 4.75. The van der Waals surface area contributed by atoms with Gasteiger partial charge in [-0.15, -0.1) is 0 Å². The molecule has 1 amide bonds. The molecule has 0 radical (unpaired) electrons.